The van der Waals surface area contributed by atoms with Crippen LogP contribution in [0.4, 0.5) is 0 Å². The van der Waals surface area contributed by atoms with E-state index in [0.29, 0.717) is 5.82 Å². The van der Waals surface area contributed by atoms with E-state index in [-0.39, 0.29) is 0 Å². The van der Waals surface area contributed by atoms with Crippen LogP contribution in [-0.2, 0) is 6.42 Å². The van der Waals surface area contributed by atoms with Crippen LogP contribution in [0.25, 0.3) is 10.7 Å². The van der Waals surface area contributed by atoms with E-state index in [0.717, 1.165) is 47.1 Å². The highest BCUT2D eigenvalue weighted by Crippen LogP contribution is 2.28. The summed E-state index contributed by atoms with van der Waals surface area (Å²) in [5.41, 5.74) is 0. The maximum atomic E-state index is 5.33. The summed E-state index contributed by atoms with van der Waals surface area (Å²) in [5.74, 6) is 2.27. The van der Waals surface area contributed by atoms with Crippen molar-refractivity contribution in [1.29, 1.82) is 0 Å². The van der Waals surface area contributed by atoms with E-state index in [9.17, 15) is 0 Å². The number of hydrogen-bond donors (Lipinski definition) is 1. The maximum Gasteiger partial charge on any atom is 0.226 e. The third-order valence-corrected chi connectivity index (χ3v) is 5.17. The van der Waals surface area contributed by atoms with Gasteiger partial charge in [-0.1, -0.05) is 5.16 Å². The summed E-state index contributed by atoms with van der Waals surface area (Å²) in [6, 6.07) is 2.02. The van der Waals surface area contributed by atoms with Crippen LogP contribution >= 0.6 is 27.3 Å². The third-order valence-electron chi connectivity index (χ3n) is 3.48. The van der Waals surface area contributed by atoms with Crippen LogP contribution in [0.15, 0.2) is 20.4 Å². The van der Waals surface area contributed by atoms with Crippen molar-refractivity contribution in [1.82, 2.24) is 15.5 Å². The lowest BCUT2D eigenvalue weighted by molar-refractivity contribution is 0.324. The molecule has 1 fully saturated rings. The van der Waals surface area contributed by atoms with Crippen molar-refractivity contribution in [3.63, 3.8) is 0 Å². The largest absolute Gasteiger partial charge is 0.339 e. The molecule has 0 spiro atoms. The van der Waals surface area contributed by atoms with Gasteiger partial charge in [0.05, 0.1) is 4.88 Å². The Morgan fingerprint density at radius 2 is 2.26 bits per heavy atom. The molecule has 4 nitrogen and oxygen atoms in total. The standard InChI is InChI=1S/C13H16BrN3OS/c14-10-7-11(19-8-10)13-16-12(18-17-13)2-1-9-3-5-15-6-4-9/h7-9,15H,1-6H2. The van der Waals surface area contributed by atoms with Gasteiger partial charge >= 0.3 is 0 Å². The van der Waals surface area contributed by atoms with Gasteiger partial charge in [-0.15, -0.1) is 11.3 Å². The van der Waals surface area contributed by atoms with Gasteiger partial charge in [0.2, 0.25) is 11.7 Å². The first-order valence-electron chi connectivity index (χ1n) is 6.59. The van der Waals surface area contributed by atoms with Crippen molar-refractivity contribution in [2.24, 2.45) is 5.92 Å². The predicted octanol–water partition coefficient (Wildman–Crippen LogP) is 3.49. The number of rotatable bonds is 4. The molecule has 19 heavy (non-hydrogen) atoms. The molecular formula is C13H16BrN3OS. The second-order valence-corrected chi connectivity index (χ2v) is 6.70. The molecule has 0 atom stereocenters. The lowest BCUT2D eigenvalue weighted by atomic mass is 9.93. The smallest absolute Gasteiger partial charge is 0.226 e. The summed E-state index contributed by atoms with van der Waals surface area (Å²) in [5, 5.41) is 9.47. The van der Waals surface area contributed by atoms with Crippen LogP contribution in [0.5, 0.6) is 0 Å². The van der Waals surface area contributed by atoms with Crippen molar-refractivity contribution < 1.29 is 4.52 Å². The molecule has 6 heteroatoms. The first-order valence-corrected chi connectivity index (χ1v) is 8.26. The topological polar surface area (TPSA) is 51.0 Å². The van der Waals surface area contributed by atoms with Gasteiger partial charge in [0.1, 0.15) is 0 Å². The zero-order valence-corrected chi connectivity index (χ0v) is 13.0. The van der Waals surface area contributed by atoms with Gasteiger partial charge in [-0.3, -0.25) is 0 Å². The van der Waals surface area contributed by atoms with Crippen LogP contribution < -0.4 is 5.32 Å². The highest BCUT2D eigenvalue weighted by atomic mass is 79.9. The Morgan fingerprint density at radius 3 is 3.00 bits per heavy atom. The lowest BCUT2D eigenvalue weighted by Gasteiger charge is -2.21. The third kappa shape index (κ3) is 3.43. The number of thiophene rings is 1. The Morgan fingerprint density at radius 1 is 1.42 bits per heavy atom. The first kappa shape index (κ1) is 13.3. The minimum absolute atomic E-state index is 0.705. The zero-order chi connectivity index (χ0) is 13.1. The molecular weight excluding hydrogens is 326 g/mol. The van der Waals surface area contributed by atoms with E-state index in [1.807, 2.05) is 11.4 Å². The summed E-state index contributed by atoms with van der Waals surface area (Å²) in [6.45, 7) is 2.28. The highest BCUT2D eigenvalue weighted by molar-refractivity contribution is 9.10. The quantitative estimate of drug-likeness (QED) is 0.924. The van der Waals surface area contributed by atoms with Crippen molar-refractivity contribution in [2.75, 3.05) is 13.1 Å². The molecule has 0 bridgehead atoms. The Bertz CT molecular complexity index is 533. The molecule has 0 saturated carbocycles. The fourth-order valence-electron chi connectivity index (χ4n) is 2.38. The summed E-state index contributed by atoms with van der Waals surface area (Å²) in [6.07, 6.45) is 4.57. The van der Waals surface area contributed by atoms with Crippen LogP contribution in [0, 0.1) is 5.92 Å². The molecule has 3 heterocycles. The molecule has 0 aliphatic carbocycles. The van der Waals surface area contributed by atoms with E-state index in [1.54, 1.807) is 11.3 Å². The average Bonchev–Trinajstić information content (AvgIpc) is 3.06. The van der Waals surface area contributed by atoms with Gasteiger partial charge in [0.15, 0.2) is 0 Å². The van der Waals surface area contributed by atoms with Gasteiger partial charge in [-0.05, 0) is 60.3 Å². The number of piperidine rings is 1. The number of aromatic nitrogens is 2. The van der Waals surface area contributed by atoms with E-state index in [2.05, 4.69) is 31.4 Å². The molecule has 0 radical (unpaired) electrons. The van der Waals surface area contributed by atoms with Gasteiger partial charge < -0.3 is 9.84 Å². The van der Waals surface area contributed by atoms with Gasteiger partial charge in [-0.25, -0.2) is 0 Å². The average molecular weight is 342 g/mol. The second-order valence-electron chi connectivity index (χ2n) is 4.87. The van der Waals surface area contributed by atoms with Crippen molar-refractivity contribution in [3.8, 4) is 10.7 Å². The molecule has 0 unspecified atom stereocenters. The summed E-state index contributed by atoms with van der Waals surface area (Å²) in [4.78, 5) is 5.52. The summed E-state index contributed by atoms with van der Waals surface area (Å²) < 4.78 is 6.40. The molecule has 2 aromatic heterocycles. The molecule has 0 aromatic carbocycles. The Labute approximate surface area is 124 Å². The van der Waals surface area contributed by atoms with Crippen molar-refractivity contribution in [2.45, 2.75) is 25.7 Å². The molecule has 2 aromatic rings. The monoisotopic (exact) mass is 341 g/mol. The van der Waals surface area contributed by atoms with E-state index < -0.39 is 0 Å². The summed E-state index contributed by atoms with van der Waals surface area (Å²) in [7, 11) is 0. The molecule has 1 N–H and O–H groups in total. The SMILES string of the molecule is Brc1csc(-c2noc(CCC3CCNCC3)n2)c1. The lowest BCUT2D eigenvalue weighted by Crippen LogP contribution is -2.27. The first-order chi connectivity index (χ1) is 9.31. The minimum Gasteiger partial charge on any atom is -0.339 e. The summed E-state index contributed by atoms with van der Waals surface area (Å²) >= 11 is 5.06. The number of hydrogen-bond acceptors (Lipinski definition) is 5. The normalized spacial score (nSPS) is 16.9. The van der Waals surface area contributed by atoms with Gasteiger partial charge in [-0.2, -0.15) is 4.98 Å². The van der Waals surface area contributed by atoms with Gasteiger partial charge in [0.25, 0.3) is 0 Å². The van der Waals surface area contributed by atoms with E-state index >= 15 is 0 Å². The number of aryl methyl sites for hydroxylation is 1. The Balaban J connectivity index is 1.58. The molecule has 1 aliphatic rings. The maximum absolute atomic E-state index is 5.33. The van der Waals surface area contributed by atoms with E-state index in [4.69, 9.17) is 4.52 Å². The van der Waals surface area contributed by atoms with Crippen molar-refractivity contribution in [3.05, 3.63) is 21.8 Å². The van der Waals surface area contributed by atoms with Crippen LogP contribution in [0.3, 0.4) is 0 Å². The number of nitrogens with zero attached hydrogens (tertiary/aromatic N) is 2. The fourth-order valence-corrected chi connectivity index (χ4v) is 3.74. The minimum atomic E-state index is 0.705. The van der Waals surface area contributed by atoms with Crippen LogP contribution in [0.2, 0.25) is 0 Å². The molecule has 1 aliphatic heterocycles. The van der Waals surface area contributed by atoms with Crippen molar-refractivity contribution >= 4 is 27.3 Å². The molecule has 102 valence electrons. The predicted molar refractivity (Wildman–Crippen MR) is 79.2 cm³/mol. The van der Waals surface area contributed by atoms with Gasteiger partial charge in [0, 0.05) is 16.3 Å². The molecule has 0 amide bonds. The fraction of sp³-hybridized carbons (Fsp3) is 0.538. The Kier molecular flexibility index (Phi) is 4.30. The van der Waals surface area contributed by atoms with E-state index in [1.165, 1.54) is 12.8 Å². The Hall–Kier alpha value is -0.720. The number of nitrogens with one attached hydrogen (secondary N) is 1. The second kappa shape index (κ2) is 6.15. The highest BCUT2D eigenvalue weighted by Gasteiger charge is 2.15. The van der Waals surface area contributed by atoms with Crippen LogP contribution in [-0.4, -0.2) is 23.2 Å². The molecule has 1 saturated heterocycles. The number of halogens is 1. The zero-order valence-electron chi connectivity index (χ0n) is 10.6. The van der Waals surface area contributed by atoms with Crippen LogP contribution in [0.1, 0.15) is 25.2 Å². The molecule has 3 rings (SSSR count).